The van der Waals surface area contributed by atoms with Crippen LogP contribution < -0.4 is 5.32 Å². The molecule has 1 atom stereocenters. The number of Topliss-reactive ketones (excluding diaryl/α,β-unsaturated/α-hetero) is 1. The summed E-state index contributed by atoms with van der Waals surface area (Å²) in [6.07, 6.45) is 0. The zero-order valence-corrected chi connectivity index (χ0v) is 11.3. The van der Waals surface area contributed by atoms with E-state index in [-0.39, 0.29) is 23.2 Å². The molecule has 0 aliphatic heterocycles. The van der Waals surface area contributed by atoms with Gasteiger partial charge in [0, 0.05) is 5.56 Å². The van der Waals surface area contributed by atoms with Gasteiger partial charge in [0.15, 0.2) is 5.78 Å². The number of carboxylic acids is 1. The number of amides is 1. The molecule has 1 amide bonds. The lowest BCUT2D eigenvalue weighted by molar-refractivity contribution is -0.140. The standard InChI is InChI=1S/C13H15NO4S/c1-9(13(17)18)14-12(16)8-19-7-11(15)10-5-3-2-4-6-10/h2-6,9H,7-8H2,1H3,(H,14,16)(H,17,18)/t9-/m1/s1. The maximum absolute atomic E-state index is 11.7. The quantitative estimate of drug-likeness (QED) is 0.734. The summed E-state index contributed by atoms with van der Waals surface area (Å²) in [6.45, 7) is 1.39. The SMILES string of the molecule is C[C@@H](NC(=O)CSCC(=O)c1ccccc1)C(=O)O. The molecular weight excluding hydrogens is 266 g/mol. The number of rotatable bonds is 7. The summed E-state index contributed by atoms with van der Waals surface area (Å²) in [7, 11) is 0. The van der Waals surface area contributed by atoms with E-state index >= 15 is 0 Å². The van der Waals surface area contributed by atoms with Crippen LogP contribution in [0.4, 0.5) is 0 Å². The van der Waals surface area contributed by atoms with E-state index < -0.39 is 12.0 Å². The van der Waals surface area contributed by atoms with E-state index in [0.29, 0.717) is 5.56 Å². The predicted octanol–water partition coefficient (Wildman–Crippen LogP) is 1.19. The number of nitrogens with one attached hydrogen (secondary N) is 1. The van der Waals surface area contributed by atoms with Crippen molar-refractivity contribution < 1.29 is 19.5 Å². The van der Waals surface area contributed by atoms with Crippen molar-refractivity contribution in [3.63, 3.8) is 0 Å². The van der Waals surface area contributed by atoms with Crippen molar-refractivity contribution in [2.45, 2.75) is 13.0 Å². The van der Waals surface area contributed by atoms with E-state index in [1.807, 2.05) is 6.07 Å². The van der Waals surface area contributed by atoms with Gasteiger partial charge in [-0.2, -0.15) is 0 Å². The van der Waals surface area contributed by atoms with Gasteiger partial charge in [0.1, 0.15) is 6.04 Å². The Bertz CT molecular complexity index is 461. The second kappa shape index (κ2) is 7.58. The van der Waals surface area contributed by atoms with Gasteiger partial charge in [-0.05, 0) is 6.92 Å². The van der Waals surface area contributed by atoms with Crippen molar-refractivity contribution in [1.82, 2.24) is 5.32 Å². The summed E-state index contributed by atoms with van der Waals surface area (Å²) in [5.74, 6) is -1.26. The minimum atomic E-state index is -1.08. The van der Waals surface area contributed by atoms with E-state index in [1.54, 1.807) is 24.3 Å². The Hall–Kier alpha value is -1.82. The molecule has 102 valence electrons. The van der Waals surface area contributed by atoms with Gasteiger partial charge in [0.25, 0.3) is 0 Å². The molecule has 0 aliphatic rings. The molecular formula is C13H15NO4S. The molecule has 0 bridgehead atoms. The van der Waals surface area contributed by atoms with Crippen molar-refractivity contribution in [3.05, 3.63) is 35.9 Å². The molecule has 1 rings (SSSR count). The molecule has 0 fully saturated rings. The van der Waals surface area contributed by atoms with Crippen LogP contribution in [0.15, 0.2) is 30.3 Å². The number of carboxylic acid groups (broad SMARTS) is 1. The third-order valence-electron chi connectivity index (χ3n) is 2.31. The van der Waals surface area contributed by atoms with Crippen LogP contribution in [0, 0.1) is 0 Å². The van der Waals surface area contributed by atoms with Crippen LogP contribution in [0.25, 0.3) is 0 Å². The van der Waals surface area contributed by atoms with Gasteiger partial charge < -0.3 is 10.4 Å². The zero-order valence-electron chi connectivity index (χ0n) is 10.5. The molecule has 6 heteroatoms. The number of hydrogen-bond donors (Lipinski definition) is 2. The van der Waals surface area contributed by atoms with Gasteiger partial charge in [0.2, 0.25) is 5.91 Å². The smallest absolute Gasteiger partial charge is 0.325 e. The highest BCUT2D eigenvalue weighted by Crippen LogP contribution is 2.07. The minimum absolute atomic E-state index is 0.0512. The molecule has 2 N–H and O–H groups in total. The first-order chi connectivity index (χ1) is 9.00. The Kier molecular flexibility index (Phi) is 6.08. The molecule has 0 unspecified atom stereocenters. The Balaban J connectivity index is 2.29. The second-order valence-corrected chi connectivity index (χ2v) is 4.90. The fourth-order valence-electron chi connectivity index (χ4n) is 1.29. The molecule has 1 aromatic rings. The van der Waals surface area contributed by atoms with Crippen LogP contribution in [0.3, 0.4) is 0 Å². The Labute approximate surface area is 115 Å². The van der Waals surface area contributed by atoms with Crippen LogP contribution in [0.2, 0.25) is 0 Å². The molecule has 0 aliphatic carbocycles. The third-order valence-corrected chi connectivity index (χ3v) is 3.24. The number of benzene rings is 1. The molecule has 0 heterocycles. The molecule has 19 heavy (non-hydrogen) atoms. The van der Waals surface area contributed by atoms with E-state index in [0.717, 1.165) is 11.8 Å². The first-order valence-electron chi connectivity index (χ1n) is 5.69. The number of carbonyl (C=O) groups is 3. The van der Waals surface area contributed by atoms with Crippen molar-refractivity contribution >= 4 is 29.4 Å². The summed E-state index contributed by atoms with van der Waals surface area (Å²) in [5, 5.41) is 10.9. The molecule has 0 aromatic heterocycles. The summed E-state index contributed by atoms with van der Waals surface area (Å²) >= 11 is 1.16. The first-order valence-corrected chi connectivity index (χ1v) is 6.84. The summed E-state index contributed by atoms with van der Waals surface area (Å²) < 4.78 is 0. The molecule has 0 radical (unpaired) electrons. The largest absolute Gasteiger partial charge is 0.480 e. The Morgan fingerprint density at radius 3 is 2.42 bits per heavy atom. The van der Waals surface area contributed by atoms with Gasteiger partial charge in [-0.3, -0.25) is 14.4 Å². The average Bonchev–Trinajstić information content (AvgIpc) is 2.39. The van der Waals surface area contributed by atoms with Crippen molar-refractivity contribution in [3.8, 4) is 0 Å². The van der Waals surface area contributed by atoms with E-state index in [4.69, 9.17) is 5.11 Å². The number of carbonyl (C=O) groups excluding carboxylic acids is 2. The van der Waals surface area contributed by atoms with E-state index in [2.05, 4.69) is 5.32 Å². The van der Waals surface area contributed by atoms with E-state index in [9.17, 15) is 14.4 Å². The van der Waals surface area contributed by atoms with Gasteiger partial charge >= 0.3 is 5.97 Å². The number of aliphatic carboxylic acids is 1. The minimum Gasteiger partial charge on any atom is -0.480 e. The molecule has 0 saturated carbocycles. The lowest BCUT2D eigenvalue weighted by Gasteiger charge is -2.08. The third kappa shape index (κ3) is 5.56. The lowest BCUT2D eigenvalue weighted by atomic mass is 10.2. The zero-order chi connectivity index (χ0) is 14.3. The van der Waals surface area contributed by atoms with Crippen LogP contribution >= 0.6 is 11.8 Å². The van der Waals surface area contributed by atoms with Crippen LogP contribution in [-0.2, 0) is 9.59 Å². The average molecular weight is 281 g/mol. The first kappa shape index (κ1) is 15.2. The van der Waals surface area contributed by atoms with Gasteiger partial charge in [0.05, 0.1) is 11.5 Å². The molecule has 0 saturated heterocycles. The number of ketones is 1. The fourth-order valence-corrected chi connectivity index (χ4v) is 2.01. The summed E-state index contributed by atoms with van der Waals surface area (Å²) in [6, 6.07) is 7.89. The highest BCUT2D eigenvalue weighted by atomic mass is 32.2. The monoisotopic (exact) mass is 281 g/mol. The van der Waals surface area contributed by atoms with Crippen LogP contribution in [0.5, 0.6) is 0 Å². The topological polar surface area (TPSA) is 83.5 Å². The molecule has 5 nitrogen and oxygen atoms in total. The summed E-state index contributed by atoms with van der Waals surface area (Å²) in [5.41, 5.74) is 0.606. The second-order valence-electron chi connectivity index (χ2n) is 3.91. The van der Waals surface area contributed by atoms with Crippen LogP contribution in [-0.4, -0.2) is 40.3 Å². The number of thioether (sulfide) groups is 1. The van der Waals surface area contributed by atoms with Gasteiger partial charge in [-0.15, -0.1) is 11.8 Å². The Morgan fingerprint density at radius 1 is 1.21 bits per heavy atom. The lowest BCUT2D eigenvalue weighted by Crippen LogP contribution is -2.39. The maximum Gasteiger partial charge on any atom is 0.325 e. The van der Waals surface area contributed by atoms with Crippen molar-refractivity contribution in [2.75, 3.05) is 11.5 Å². The van der Waals surface area contributed by atoms with Crippen LogP contribution in [0.1, 0.15) is 17.3 Å². The normalized spacial score (nSPS) is 11.6. The highest BCUT2D eigenvalue weighted by molar-refractivity contribution is 8.00. The Morgan fingerprint density at radius 2 is 1.84 bits per heavy atom. The van der Waals surface area contributed by atoms with Gasteiger partial charge in [-0.25, -0.2) is 0 Å². The van der Waals surface area contributed by atoms with E-state index in [1.165, 1.54) is 6.92 Å². The molecule has 1 aromatic carbocycles. The predicted molar refractivity (Wildman–Crippen MR) is 73.3 cm³/mol. The molecule has 0 spiro atoms. The fraction of sp³-hybridized carbons (Fsp3) is 0.308. The summed E-state index contributed by atoms with van der Waals surface area (Å²) in [4.78, 5) is 33.6. The maximum atomic E-state index is 11.7. The number of hydrogen-bond acceptors (Lipinski definition) is 4. The van der Waals surface area contributed by atoms with Crippen molar-refractivity contribution in [2.24, 2.45) is 0 Å². The highest BCUT2D eigenvalue weighted by Gasteiger charge is 2.14. The van der Waals surface area contributed by atoms with Crippen molar-refractivity contribution in [1.29, 1.82) is 0 Å². The van der Waals surface area contributed by atoms with Gasteiger partial charge in [-0.1, -0.05) is 30.3 Å².